The van der Waals surface area contributed by atoms with Gasteiger partial charge in [-0.1, -0.05) is 367 Å². The van der Waals surface area contributed by atoms with Gasteiger partial charge in [0.1, 0.15) is 0 Å². The minimum atomic E-state index is -0.0785. The molecule has 0 heterocycles. The lowest BCUT2D eigenvalue weighted by Crippen LogP contribution is -2.15. The SMILES string of the molecule is CC1(C)c2ccc(-c3c4ccccc4c(-c4ccc(-c5ccc6ccc7ccccc7c6c5)cc4)c4ccccc34)cc2-c2c1ccc1ccccc21.CC1(C)c2ccc(-c3c4ccccc4c(-c4ccc(-c5ccc6ccc7ccccc7c6c5)cc4)c4ccccc34)cc2-c2ccc3ccccc3c21. The maximum Gasteiger partial charge on any atom is 0.0165 e. The summed E-state index contributed by atoms with van der Waals surface area (Å²) in [5.41, 5.74) is 26.0. The van der Waals surface area contributed by atoms with E-state index in [1.807, 2.05) is 0 Å². The van der Waals surface area contributed by atoms with E-state index >= 15 is 0 Å². The van der Waals surface area contributed by atoms with Gasteiger partial charge < -0.3 is 0 Å². The van der Waals surface area contributed by atoms with E-state index in [-0.39, 0.29) is 10.8 Å². The molecular formula is C106H72. The summed E-state index contributed by atoms with van der Waals surface area (Å²) in [6.07, 6.45) is 0. The van der Waals surface area contributed by atoms with Crippen LogP contribution >= 0.6 is 0 Å². The van der Waals surface area contributed by atoms with Gasteiger partial charge in [-0.15, -0.1) is 0 Å². The number of hydrogen-bond acceptors (Lipinski definition) is 0. The van der Waals surface area contributed by atoms with Gasteiger partial charge in [-0.05, 0) is 243 Å². The van der Waals surface area contributed by atoms with Gasteiger partial charge in [-0.2, -0.15) is 0 Å². The Kier molecular flexibility index (Phi) is 13.8. The zero-order chi connectivity index (χ0) is 70.5. The molecule has 2 aliphatic rings. The summed E-state index contributed by atoms with van der Waals surface area (Å²) in [6, 6.07) is 136. The Balaban J connectivity index is 0.000000136. The van der Waals surface area contributed by atoms with Crippen molar-refractivity contribution in [2.45, 2.75) is 38.5 Å². The molecule has 0 unspecified atom stereocenters. The molecule has 0 spiro atoms. The molecular weight excluding hydrogens is 1270 g/mol. The Labute approximate surface area is 617 Å². The summed E-state index contributed by atoms with van der Waals surface area (Å²) in [5, 5.41) is 25.8. The van der Waals surface area contributed by atoms with Crippen molar-refractivity contribution >= 4 is 108 Å². The van der Waals surface area contributed by atoms with Gasteiger partial charge in [0.2, 0.25) is 0 Å². The fourth-order valence-corrected chi connectivity index (χ4v) is 19.0. The lowest BCUT2D eigenvalue weighted by molar-refractivity contribution is 0.661. The third-order valence-corrected chi connectivity index (χ3v) is 24.0. The molecule has 0 saturated heterocycles. The summed E-state index contributed by atoms with van der Waals surface area (Å²) in [7, 11) is 0. The van der Waals surface area contributed by atoms with E-state index in [9.17, 15) is 0 Å². The van der Waals surface area contributed by atoms with E-state index in [0.29, 0.717) is 0 Å². The Morgan fingerprint density at radius 3 is 0.858 bits per heavy atom. The smallest absolute Gasteiger partial charge is 0.0165 e. The highest BCUT2D eigenvalue weighted by Crippen LogP contribution is 2.56. The van der Waals surface area contributed by atoms with E-state index in [0.717, 1.165) is 0 Å². The van der Waals surface area contributed by atoms with Crippen molar-refractivity contribution in [1.82, 2.24) is 0 Å². The fraction of sp³-hybridized carbons (Fsp3) is 0.0566. The van der Waals surface area contributed by atoms with Crippen LogP contribution in [0.3, 0.4) is 0 Å². The van der Waals surface area contributed by atoms with Crippen molar-refractivity contribution in [2.75, 3.05) is 0 Å². The first-order valence-electron chi connectivity index (χ1n) is 37.4. The first-order valence-corrected chi connectivity index (χ1v) is 37.4. The molecule has 2 aliphatic carbocycles. The van der Waals surface area contributed by atoms with Crippen LogP contribution in [0.25, 0.3) is 197 Å². The van der Waals surface area contributed by atoms with Crippen LogP contribution in [0.2, 0.25) is 0 Å². The van der Waals surface area contributed by atoms with E-state index in [1.165, 1.54) is 219 Å². The summed E-state index contributed by atoms with van der Waals surface area (Å²) >= 11 is 0. The van der Waals surface area contributed by atoms with Gasteiger partial charge in [0, 0.05) is 10.8 Å². The molecule has 0 amide bonds. The zero-order valence-electron chi connectivity index (χ0n) is 59.6. The van der Waals surface area contributed by atoms with Crippen LogP contribution in [0.15, 0.2) is 364 Å². The molecule has 0 heteroatoms. The number of rotatable bonds is 6. The molecule has 22 rings (SSSR count). The largest absolute Gasteiger partial charge is 0.0616 e. The predicted octanol–water partition coefficient (Wildman–Crippen LogP) is 29.5. The molecule has 20 aromatic carbocycles. The highest BCUT2D eigenvalue weighted by atomic mass is 14.4. The fourth-order valence-electron chi connectivity index (χ4n) is 19.0. The van der Waals surface area contributed by atoms with Gasteiger partial charge in [0.15, 0.2) is 0 Å². The van der Waals surface area contributed by atoms with Gasteiger partial charge in [0.25, 0.3) is 0 Å². The van der Waals surface area contributed by atoms with Crippen LogP contribution < -0.4 is 0 Å². The number of fused-ring (bicyclic) bond motifs is 20. The third-order valence-electron chi connectivity index (χ3n) is 24.0. The lowest BCUT2D eigenvalue weighted by Gasteiger charge is -2.23. The average molecular weight is 1350 g/mol. The Bertz CT molecular complexity index is 6990. The van der Waals surface area contributed by atoms with Crippen LogP contribution in [0, 0.1) is 0 Å². The zero-order valence-corrected chi connectivity index (χ0v) is 59.6. The standard InChI is InChI=1S/2C53H36/c1-53(2)48-29-28-39(32-47(48)52-41-14-6-4-12-35(41)27-30-49(52)53)51-44-17-9-7-15-42(44)50(43-16-8-10-18-45(43)51)37-24-19-33(20-25-37)38-26-23-36-22-21-34-11-3-5-13-40(34)46(36)31-38;1-53(2)49-30-28-39(32-48(49)46-29-27-35-12-4-6-14-41(35)52(46)53)51-44-17-9-7-15-42(44)50(43-16-8-10-18-45(43)51)37-24-19-33(20-25-37)38-26-23-36-22-21-34-11-3-5-13-40(34)47(36)31-38/h2*3-32H,1-2H3. The first-order chi connectivity index (χ1) is 52.1. The lowest BCUT2D eigenvalue weighted by atomic mass is 9.80. The third kappa shape index (κ3) is 9.47. The molecule has 0 fully saturated rings. The van der Waals surface area contributed by atoms with E-state index < -0.39 is 0 Å². The van der Waals surface area contributed by atoms with Gasteiger partial charge in [-0.3, -0.25) is 0 Å². The van der Waals surface area contributed by atoms with Gasteiger partial charge in [-0.25, -0.2) is 0 Å². The van der Waals surface area contributed by atoms with E-state index in [1.54, 1.807) is 0 Å². The summed E-state index contributed by atoms with van der Waals surface area (Å²) in [6.45, 7) is 9.52. The van der Waals surface area contributed by atoms with Crippen LogP contribution in [-0.2, 0) is 10.8 Å². The highest BCUT2D eigenvalue weighted by molar-refractivity contribution is 6.24. The maximum atomic E-state index is 2.48. The molecule has 0 aromatic heterocycles. The molecule has 496 valence electrons. The monoisotopic (exact) mass is 1340 g/mol. The molecule has 20 aromatic rings. The van der Waals surface area contributed by atoms with Crippen molar-refractivity contribution in [2.24, 2.45) is 0 Å². The van der Waals surface area contributed by atoms with Crippen molar-refractivity contribution in [3.8, 4) is 89.0 Å². The molecule has 0 bridgehead atoms. The minimum absolute atomic E-state index is 0.0615. The molecule has 0 nitrogen and oxygen atoms in total. The second-order valence-electron chi connectivity index (χ2n) is 30.5. The molecule has 0 radical (unpaired) electrons. The summed E-state index contributed by atoms with van der Waals surface area (Å²) < 4.78 is 0. The van der Waals surface area contributed by atoms with Crippen LogP contribution in [0.1, 0.15) is 49.9 Å². The highest BCUT2D eigenvalue weighted by Gasteiger charge is 2.39. The van der Waals surface area contributed by atoms with Crippen molar-refractivity contribution in [1.29, 1.82) is 0 Å². The molecule has 0 atom stereocenters. The molecule has 0 aliphatic heterocycles. The second kappa shape index (κ2) is 23.8. The predicted molar refractivity (Wildman–Crippen MR) is 456 cm³/mol. The maximum absolute atomic E-state index is 2.48. The first kappa shape index (κ1) is 61.6. The second-order valence-corrected chi connectivity index (χ2v) is 30.5. The van der Waals surface area contributed by atoms with Crippen LogP contribution in [0.4, 0.5) is 0 Å². The average Bonchev–Trinajstić information content (AvgIpc) is 1.48. The van der Waals surface area contributed by atoms with Gasteiger partial charge in [0.05, 0.1) is 0 Å². The van der Waals surface area contributed by atoms with Crippen molar-refractivity contribution in [3.05, 3.63) is 386 Å². The van der Waals surface area contributed by atoms with Crippen molar-refractivity contribution < 1.29 is 0 Å². The van der Waals surface area contributed by atoms with Crippen molar-refractivity contribution in [3.63, 3.8) is 0 Å². The minimum Gasteiger partial charge on any atom is -0.0616 e. The summed E-state index contributed by atoms with van der Waals surface area (Å²) in [5.74, 6) is 0. The van der Waals surface area contributed by atoms with Gasteiger partial charge >= 0.3 is 0 Å². The Hall–Kier alpha value is -13.0. The number of hydrogen-bond donors (Lipinski definition) is 0. The van der Waals surface area contributed by atoms with E-state index in [4.69, 9.17) is 0 Å². The normalized spacial score (nSPS) is 13.2. The van der Waals surface area contributed by atoms with Crippen LogP contribution in [0.5, 0.6) is 0 Å². The Morgan fingerprint density at radius 2 is 0.425 bits per heavy atom. The Morgan fingerprint density at radius 1 is 0.151 bits per heavy atom. The topological polar surface area (TPSA) is 0 Å². The molecule has 0 saturated carbocycles. The summed E-state index contributed by atoms with van der Waals surface area (Å²) in [4.78, 5) is 0. The van der Waals surface area contributed by atoms with Crippen LogP contribution in [-0.4, -0.2) is 0 Å². The molecule has 0 N–H and O–H groups in total. The molecule has 106 heavy (non-hydrogen) atoms. The quantitative estimate of drug-likeness (QED) is 0.115. The van der Waals surface area contributed by atoms with E-state index in [2.05, 4.69) is 392 Å². The number of benzene rings is 20.